The van der Waals surface area contributed by atoms with Crippen LogP contribution in [0.25, 0.3) is 10.9 Å². The monoisotopic (exact) mass is 356 g/mol. The second-order valence-corrected chi connectivity index (χ2v) is 7.11. The molecular formula is C20H28N4O2. The van der Waals surface area contributed by atoms with Gasteiger partial charge in [-0.3, -0.25) is 0 Å². The van der Waals surface area contributed by atoms with Gasteiger partial charge in [-0.15, -0.1) is 0 Å². The van der Waals surface area contributed by atoms with Crippen molar-refractivity contribution in [1.29, 1.82) is 0 Å². The van der Waals surface area contributed by atoms with E-state index < -0.39 is 0 Å². The smallest absolute Gasteiger partial charge is 0.139 e. The number of nitrogens with zero attached hydrogens (tertiary/aromatic N) is 4. The molecule has 2 aliphatic rings. The summed E-state index contributed by atoms with van der Waals surface area (Å²) in [6.45, 7) is 9.23. The van der Waals surface area contributed by atoms with Crippen LogP contribution in [0, 0.1) is 5.92 Å². The molecule has 6 heteroatoms. The van der Waals surface area contributed by atoms with Crippen molar-refractivity contribution in [3.8, 4) is 0 Å². The van der Waals surface area contributed by atoms with Crippen molar-refractivity contribution in [3.63, 3.8) is 0 Å². The summed E-state index contributed by atoms with van der Waals surface area (Å²) in [5.74, 6) is 1.64. The quantitative estimate of drug-likeness (QED) is 0.821. The first kappa shape index (κ1) is 17.5. The van der Waals surface area contributed by atoms with E-state index in [4.69, 9.17) is 9.47 Å². The summed E-state index contributed by atoms with van der Waals surface area (Å²) in [5.41, 5.74) is 2.24. The molecule has 1 atom stereocenters. The minimum Gasteiger partial charge on any atom is -0.381 e. The standard InChI is InChI=1S/C20H28N4O2/c1-2-25-14-16-4-3-7-24(13-16)20-18-6-5-17(12-19(18)21-15-22-20)23-8-10-26-11-9-23/h5-6,12,15-16H,2-4,7-11,13-14H2,1H3. The average molecular weight is 356 g/mol. The third-order valence-electron chi connectivity index (χ3n) is 5.35. The normalized spacial score (nSPS) is 21.3. The van der Waals surface area contributed by atoms with Crippen molar-refractivity contribution in [2.24, 2.45) is 5.92 Å². The summed E-state index contributed by atoms with van der Waals surface area (Å²) in [4.78, 5) is 13.9. The molecule has 1 aromatic carbocycles. The van der Waals surface area contributed by atoms with Crippen LogP contribution in [-0.4, -0.2) is 62.6 Å². The molecule has 140 valence electrons. The maximum Gasteiger partial charge on any atom is 0.139 e. The second-order valence-electron chi connectivity index (χ2n) is 7.11. The molecule has 0 amide bonds. The number of anilines is 2. The molecule has 0 N–H and O–H groups in total. The SMILES string of the molecule is CCOCC1CCCN(c2ncnc3cc(N4CCOCC4)ccc23)C1. The Bertz CT molecular complexity index is 733. The van der Waals surface area contributed by atoms with Gasteiger partial charge in [0.25, 0.3) is 0 Å². The van der Waals surface area contributed by atoms with E-state index in [2.05, 4.69) is 44.9 Å². The maximum atomic E-state index is 5.65. The number of ether oxygens (including phenoxy) is 2. The highest BCUT2D eigenvalue weighted by atomic mass is 16.5. The fraction of sp³-hybridized carbons (Fsp3) is 0.600. The van der Waals surface area contributed by atoms with Crippen molar-refractivity contribution in [1.82, 2.24) is 9.97 Å². The van der Waals surface area contributed by atoms with E-state index in [0.29, 0.717) is 5.92 Å². The molecule has 2 fully saturated rings. The lowest BCUT2D eigenvalue weighted by molar-refractivity contribution is 0.104. The molecule has 1 unspecified atom stereocenters. The molecule has 2 aliphatic heterocycles. The molecule has 0 bridgehead atoms. The lowest BCUT2D eigenvalue weighted by atomic mass is 9.98. The molecule has 2 saturated heterocycles. The van der Waals surface area contributed by atoms with Gasteiger partial charge in [-0.1, -0.05) is 0 Å². The van der Waals surface area contributed by atoms with Crippen LogP contribution in [-0.2, 0) is 9.47 Å². The van der Waals surface area contributed by atoms with Crippen molar-refractivity contribution in [3.05, 3.63) is 24.5 Å². The molecule has 0 spiro atoms. The van der Waals surface area contributed by atoms with Crippen molar-refractivity contribution in [2.45, 2.75) is 19.8 Å². The summed E-state index contributed by atoms with van der Waals surface area (Å²) in [6, 6.07) is 6.57. The molecule has 4 rings (SSSR count). The third-order valence-corrected chi connectivity index (χ3v) is 5.35. The Morgan fingerprint density at radius 2 is 2.04 bits per heavy atom. The van der Waals surface area contributed by atoms with Crippen LogP contribution in [0.1, 0.15) is 19.8 Å². The van der Waals surface area contributed by atoms with Crippen LogP contribution in [0.15, 0.2) is 24.5 Å². The Morgan fingerprint density at radius 1 is 1.15 bits per heavy atom. The average Bonchev–Trinajstić information content (AvgIpc) is 2.72. The molecule has 0 aliphatic carbocycles. The second kappa shape index (κ2) is 8.18. The molecule has 1 aromatic heterocycles. The zero-order valence-electron chi connectivity index (χ0n) is 15.6. The zero-order valence-corrected chi connectivity index (χ0v) is 15.6. The van der Waals surface area contributed by atoms with Crippen LogP contribution in [0.2, 0.25) is 0 Å². The van der Waals surface area contributed by atoms with Gasteiger partial charge in [0.2, 0.25) is 0 Å². The Labute approximate surface area is 155 Å². The Balaban J connectivity index is 1.57. The summed E-state index contributed by atoms with van der Waals surface area (Å²) >= 11 is 0. The van der Waals surface area contributed by atoms with E-state index in [0.717, 1.165) is 69.3 Å². The predicted molar refractivity (Wildman–Crippen MR) is 104 cm³/mol. The van der Waals surface area contributed by atoms with Crippen LogP contribution in [0.3, 0.4) is 0 Å². The van der Waals surface area contributed by atoms with Crippen molar-refractivity contribution >= 4 is 22.4 Å². The molecule has 26 heavy (non-hydrogen) atoms. The van der Waals surface area contributed by atoms with Gasteiger partial charge in [-0.05, 0) is 43.9 Å². The Hall–Kier alpha value is -1.92. The number of fused-ring (bicyclic) bond motifs is 1. The number of piperidine rings is 1. The largest absolute Gasteiger partial charge is 0.381 e. The number of hydrogen-bond acceptors (Lipinski definition) is 6. The van der Waals surface area contributed by atoms with Gasteiger partial charge < -0.3 is 19.3 Å². The molecule has 2 aromatic rings. The first-order chi connectivity index (χ1) is 12.8. The minimum absolute atomic E-state index is 0.585. The first-order valence-corrected chi connectivity index (χ1v) is 9.75. The topological polar surface area (TPSA) is 50.7 Å². The fourth-order valence-corrected chi connectivity index (χ4v) is 3.98. The lowest BCUT2D eigenvalue weighted by Crippen LogP contribution is -2.38. The highest BCUT2D eigenvalue weighted by molar-refractivity contribution is 5.91. The number of hydrogen-bond donors (Lipinski definition) is 0. The highest BCUT2D eigenvalue weighted by Gasteiger charge is 2.23. The van der Waals surface area contributed by atoms with Gasteiger partial charge in [0.1, 0.15) is 12.1 Å². The maximum absolute atomic E-state index is 5.65. The van der Waals surface area contributed by atoms with Gasteiger partial charge in [0.05, 0.1) is 25.3 Å². The first-order valence-electron chi connectivity index (χ1n) is 9.75. The van der Waals surface area contributed by atoms with Gasteiger partial charge in [0.15, 0.2) is 0 Å². The Kier molecular flexibility index (Phi) is 5.51. The Morgan fingerprint density at radius 3 is 2.88 bits per heavy atom. The summed E-state index contributed by atoms with van der Waals surface area (Å²) in [5, 5.41) is 1.14. The van der Waals surface area contributed by atoms with E-state index in [1.54, 1.807) is 6.33 Å². The van der Waals surface area contributed by atoms with Crippen molar-refractivity contribution in [2.75, 3.05) is 62.4 Å². The summed E-state index contributed by atoms with van der Waals surface area (Å²) in [6.07, 6.45) is 4.13. The van der Waals surface area contributed by atoms with Gasteiger partial charge in [0, 0.05) is 43.9 Å². The number of morpholine rings is 1. The van der Waals surface area contributed by atoms with Crippen LogP contribution >= 0.6 is 0 Å². The van der Waals surface area contributed by atoms with Gasteiger partial charge >= 0.3 is 0 Å². The summed E-state index contributed by atoms with van der Waals surface area (Å²) < 4.78 is 11.1. The van der Waals surface area contributed by atoms with Gasteiger partial charge in [-0.25, -0.2) is 9.97 Å². The van der Waals surface area contributed by atoms with E-state index >= 15 is 0 Å². The van der Waals surface area contributed by atoms with E-state index in [1.807, 2.05) is 0 Å². The summed E-state index contributed by atoms with van der Waals surface area (Å²) in [7, 11) is 0. The van der Waals surface area contributed by atoms with Crippen LogP contribution in [0.4, 0.5) is 11.5 Å². The predicted octanol–water partition coefficient (Wildman–Crippen LogP) is 2.72. The fourth-order valence-electron chi connectivity index (χ4n) is 3.98. The molecule has 0 radical (unpaired) electrons. The zero-order chi connectivity index (χ0) is 17.8. The highest BCUT2D eigenvalue weighted by Crippen LogP contribution is 2.30. The third kappa shape index (κ3) is 3.76. The number of aromatic nitrogens is 2. The van der Waals surface area contributed by atoms with Crippen molar-refractivity contribution < 1.29 is 9.47 Å². The minimum atomic E-state index is 0.585. The van der Waals surface area contributed by atoms with Crippen LogP contribution in [0.5, 0.6) is 0 Å². The number of benzene rings is 1. The molecular weight excluding hydrogens is 328 g/mol. The van der Waals surface area contributed by atoms with E-state index in [9.17, 15) is 0 Å². The molecule has 0 saturated carbocycles. The lowest BCUT2D eigenvalue weighted by Gasteiger charge is -2.34. The van der Waals surface area contributed by atoms with Crippen LogP contribution < -0.4 is 9.80 Å². The van der Waals surface area contributed by atoms with Gasteiger partial charge in [-0.2, -0.15) is 0 Å². The van der Waals surface area contributed by atoms with E-state index in [-0.39, 0.29) is 0 Å². The molecule has 3 heterocycles. The molecule has 6 nitrogen and oxygen atoms in total. The van der Waals surface area contributed by atoms with E-state index in [1.165, 1.54) is 18.5 Å². The number of rotatable bonds is 5.